The molecule has 0 unspecified atom stereocenters. The van der Waals surface area contributed by atoms with E-state index in [1.807, 2.05) is 42.5 Å². The smallest absolute Gasteiger partial charge is 0.162 e. The first-order chi connectivity index (χ1) is 10.7. The highest BCUT2D eigenvalue weighted by atomic mass is 14.9. The summed E-state index contributed by atoms with van der Waals surface area (Å²) in [5.74, 6) is 0. The van der Waals surface area contributed by atoms with E-state index >= 15 is 0 Å². The topological polar surface area (TPSA) is 51.8 Å². The number of benzene rings is 2. The van der Waals surface area contributed by atoms with Crippen LogP contribution in [0, 0.1) is 6.92 Å². The maximum atomic E-state index is 6.36. The molecule has 2 heterocycles. The lowest BCUT2D eigenvalue weighted by atomic mass is 10.0. The van der Waals surface area contributed by atoms with Gasteiger partial charge in [0.2, 0.25) is 0 Å². The molecule has 4 aromatic rings. The summed E-state index contributed by atoms with van der Waals surface area (Å²) in [5, 5.41) is 1.92. The molecule has 2 N–H and O–H groups in total. The number of pyridine rings is 2. The molecule has 0 aliphatic carbocycles. The predicted molar refractivity (Wildman–Crippen MR) is 91.6 cm³/mol. The van der Waals surface area contributed by atoms with Crippen molar-refractivity contribution in [2.24, 2.45) is 0 Å². The van der Waals surface area contributed by atoms with Crippen LogP contribution in [-0.4, -0.2) is 9.97 Å². The molecule has 22 heavy (non-hydrogen) atoms. The van der Waals surface area contributed by atoms with Gasteiger partial charge in [0.05, 0.1) is 16.9 Å². The van der Waals surface area contributed by atoms with Crippen LogP contribution >= 0.6 is 0 Å². The minimum absolute atomic E-state index is 0.704. The summed E-state index contributed by atoms with van der Waals surface area (Å²) in [6.45, 7) is 2.06. The summed E-state index contributed by atoms with van der Waals surface area (Å²) in [5.41, 5.74) is 11.8. The fourth-order valence-corrected chi connectivity index (χ4v) is 2.87. The summed E-state index contributed by atoms with van der Waals surface area (Å²) < 4.78 is 0. The Balaban J connectivity index is 2.08. The molecule has 0 saturated heterocycles. The summed E-state index contributed by atoms with van der Waals surface area (Å²) in [7, 11) is 0. The van der Waals surface area contributed by atoms with Gasteiger partial charge in [-0.15, -0.1) is 0 Å². The Morgan fingerprint density at radius 2 is 1.59 bits per heavy atom. The predicted octanol–water partition coefficient (Wildman–Crippen LogP) is 4.34. The number of fused-ring (bicyclic) bond motifs is 2. The van der Waals surface area contributed by atoms with E-state index in [1.165, 1.54) is 0 Å². The molecule has 3 nitrogen and oxygen atoms in total. The van der Waals surface area contributed by atoms with E-state index < -0.39 is 0 Å². The number of anilines is 1. The van der Waals surface area contributed by atoms with Crippen LogP contribution in [0.1, 0.15) is 5.56 Å². The van der Waals surface area contributed by atoms with E-state index in [1.54, 1.807) is 0 Å². The second kappa shape index (κ2) is 4.81. The molecule has 0 amide bonds. The zero-order valence-corrected chi connectivity index (χ0v) is 12.2. The molecular weight excluding hydrogens is 270 g/mol. The Bertz CT molecular complexity index is 992. The summed E-state index contributed by atoms with van der Waals surface area (Å²) in [6.07, 6.45) is 0. The molecule has 0 aliphatic rings. The lowest BCUT2D eigenvalue weighted by molar-refractivity contribution is 1.30. The van der Waals surface area contributed by atoms with Crippen LogP contribution in [0.2, 0.25) is 0 Å². The number of nitrogen functional groups attached to an aromatic ring is 1. The van der Waals surface area contributed by atoms with Crippen LogP contribution in [0.4, 0.5) is 5.69 Å². The van der Waals surface area contributed by atoms with Crippen LogP contribution in [0.5, 0.6) is 0 Å². The third-order valence-electron chi connectivity index (χ3n) is 3.96. The molecule has 106 valence electrons. The Morgan fingerprint density at radius 1 is 0.864 bits per heavy atom. The van der Waals surface area contributed by atoms with Gasteiger partial charge < -0.3 is 5.73 Å². The molecule has 0 saturated carbocycles. The number of hydrogen-bond acceptors (Lipinski definition) is 3. The zero-order valence-electron chi connectivity index (χ0n) is 12.2. The van der Waals surface area contributed by atoms with Crippen LogP contribution in [0.15, 0.2) is 60.7 Å². The van der Waals surface area contributed by atoms with Gasteiger partial charge in [0.1, 0.15) is 0 Å². The Labute approximate surface area is 128 Å². The molecule has 0 fully saturated rings. The van der Waals surface area contributed by atoms with Crippen molar-refractivity contribution < 1.29 is 0 Å². The van der Waals surface area contributed by atoms with E-state index in [4.69, 9.17) is 15.7 Å². The van der Waals surface area contributed by atoms with Crippen molar-refractivity contribution in [1.29, 1.82) is 0 Å². The Kier molecular flexibility index (Phi) is 2.79. The van der Waals surface area contributed by atoms with Gasteiger partial charge in [-0.1, -0.05) is 48.5 Å². The van der Waals surface area contributed by atoms with Crippen molar-refractivity contribution in [3.8, 4) is 11.3 Å². The van der Waals surface area contributed by atoms with Crippen LogP contribution < -0.4 is 5.73 Å². The third kappa shape index (κ3) is 1.91. The average Bonchev–Trinajstić information content (AvgIpc) is 2.55. The molecule has 0 aliphatic heterocycles. The first kappa shape index (κ1) is 12.8. The van der Waals surface area contributed by atoms with E-state index in [9.17, 15) is 0 Å². The highest BCUT2D eigenvalue weighted by Crippen LogP contribution is 2.31. The summed E-state index contributed by atoms with van der Waals surface area (Å²) in [6, 6.07) is 20.1. The number of nitrogens with zero attached hydrogens (tertiary/aromatic N) is 2. The van der Waals surface area contributed by atoms with Crippen molar-refractivity contribution in [2.45, 2.75) is 6.92 Å². The highest BCUT2D eigenvalue weighted by Gasteiger charge is 2.11. The van der Waals surface area contributed by atoms with Gasteiger partial charge in [-0.3, -0.25) is 0 Å². The molecule has 0 atom stereocenters. The SMILES string of the molecule is Cc1cc(-c2ccccc2)nc2nc3ccccc3c(N)c12. The number of aryl methyl sites for hydroxylation is 1. The monoisotopic (exact) mass is 285 g/mol. The van der Waals surface area contributed by atoms with Crippen LogP contribution in [-0.2, 0) is 0 Å². The van der Waals surface area contributed by atoms with Crippen molar-refractivity contribution in [1.82, 2.24) is 9.97 Å². The van der Waals surface area contributed by atoms with Gasteiger partial charge in [-0.25, -0.2) is 9.97 Å². The molecule has 0 spiro atoms. The van der Waals surface area contributed by atoms with Gasteiger partial charge in [0.15, 0.2) is 5.65 Å². The third-order valence-corrected chi connectivity index (χ3v) is 3.96. The average molecular weight is 285 g/mol. The van der Waals surface area contributed by atoms with Crippen molar-refractivity contribution >= 4 is 27.6 Å². The lowest BCUT2D eigenvalue weighted by Crippen LogP contribution is -1.97. The first-order valence-electron chi connectivity index (χ1n) is 7.25. The lowest BCUT2D eigenvalue weighted by Gasteiger charge is -2.10. The number of para-hydroxylation sites is 1. The maximum Gasteiger partial charge on any atom is 0.162 e. The van der Waals surface area contributed by atoms with E-state index in [0.29, 0.717) is 5.65 Å². The number of rotatable bonds is 1. The van der Waals surface area contributed by atoms with Gasteiger partial charge in [0, 0.05) is 16.3 Å². The largest absolute Gasteiger partial charge is 0.398 e. The normalized spacial score (nSPS) is 11.1. The molecule has 0 radical (unpaired) electrons. The van der Waals surface area contributed by atoms with Gasteiger partial charge >= 0.3 is 0 Å². The van der Waals surface area contributed by atoms with Gasteiger partial charge in [-0.2, -0.15) is 0 Å². The van der Waals surface area contributed by atoms with E-state index in [2.05, 4.69) is 25.1 Å². The molecule has 3 heteroatoms. The van der Waals surface area contributed by atoms with Gasteiger partial charge in [-0.05, 0) is 24.6 Å². The molecule has 4 rings (SSSR count). The van der Waals surface area contributed by atoms with Crippen molar-refractivity contribution in [3.63, 3.8) is 0 Å². The van der Waals surface area contributed by atoms with Crippen molar-refractivity contribution in [2.75, 3.05) is 5.73 Å². The molecule has 0 bridgehead atoms. The maximum absolute atomic E-state index is 6.36. The second-order valence-electron chi connectivity index (χ2n) is 5.43. The number of hydrogen-bond donors (Lipinski definition) is 1. The fraction of sp³-hybridized carbons (Fsp3) is 0.0526. The summed E-state index contributed by atoms with van der Waals surface area (Å²) in [4.78, 5) is 9.42. The minimum Gasteiger partial charge on any atom is -0.398 e. The minimum atomic E-state index is 0.704. The highest BCUT2D eigenvalue weighted by molar-refractivity contribution is 6.06. The molecular formula is C19H15N3. The fourth-order valence-electron chi connectivity index (χ4n) is 2.87. The van der Waals surface area contributed by atoms with E-state index in [-0.39, 0.29) is 0 Å². The van der Waals surface area contributed by atoms with E-state index in [0.717, 1.165) is 38.8 Å². The standard InChI is InChI=1S/C19H15N3/c1-12-11-16(13-7-3-2-4-8-13)22-19-17(12)18(20)14-9-5-6-10-15(14)21-19/h2-11H,1H3,(H2,20,21,22). The second-order valence-corrected chi connectivity index (χ2v) is 5.43. The number of nitrogens with two attached hydrogens (primary N) is 1. The van der Waals surface area contributed by atoms with Crippen LogP contribution in [0.3, 0.4) is 0 Å². The van der Waals surface area contributed by atoms with Crippen LogP contribution in [0.25, 0.3) is 33.2 Å². The summed E-state index contributed by atoms with van der Waals surface area (Å²) >= 11 is 0. The zero-order chi connectivity index (χ0) is 15.1. The van der Waals surface area contributed by atoms with Crippen molar-refractivity contribution in [3.05, 3.63) is 66.2 Å². The van der Waals surface area contributed by atoms with Gasteiger partial charge in [0.25, 0.3) is 0 Å². The molecule has 2 aromatic carbocycles. The Morgan fingerprint density at radius 3 is 2.41 bits per heavy atom. The Hall–Kier alpha value is -2.94. The number of aromatic nitrogens is 2. The first-order valence-corrected chi connectivity index (χ1v) is 7.25. The quantitative estimate of drug-likeness (QED) is 0.529. The molecule has 2 aromatic heterocycles.